The van der Waals surface area contributed by atoms with Crippen LogP contribution >= 0.6 is 0 Å². The van der Waals surface area contributed by atoms with Gasteiger partial charge in [-0.2, -0.15) is 26.3 Å². The zero-order chi connectivity index (χ0) is 21.2. The summed E-state index contributed by atoms with van der Waals surface area (Å²) in [6.45, 7) is 0.474. The molecule has 0 spiro atoms. The Morgan fingerprint density at radius 2 is 1.66 bits per heavy atom. The van der Waals surface area contributed by atoms with Crippen molar-refractivity contribution in [3.63, 3.8) is 0 Å². The van der Waals surface area contributed by atoms with E-state index >= 15 is 0 Å². The molecular formula is C16H20F6N6O. The van der Waals surface area contributed by atoms with E-state index in [1.807, 2.05) is 0 Å². The van der Waals surface area contributed by atoms with Crippen molar-refractivity contribution >= 4 is 11.9 Å². The number of hydrogen-bond donors (Lipinski definition) is 1. The number of anilines is 1. The summed E-state index contributed by atoms with van der Waals surface area (Å²) in [4.78, 5) is 24.4. The van der Waals surface area contributed by atoms with Gasteiger partial charge in [0.2, 0.25) is 11.9 Å². The average Bonchev–Trinajstić information content (AvgIpc) is 2.66. The number of carbonyl (C=O) groups is 1. The Balaban J connectivity index is 1.58. The first-order valence-electron chi connectivity index (χ1n) is 8.99. The van der Waals surface area contributed by atoms with Crippen molar-refractivity contribution in [3.05, 3.63) is 18.0 Å². The van der Waals surface area contributed by atoms with Gasteiger partial charge < -0.3 is 15.1 Å². The lowest BCUT2D eigenvalue weighted by Crippen LogP contribution is -2.62. The first-order chi connectivity index (χ1) is 13.5. The van der Waals surface area contributed by atoms with Gasteiger partial charge in [-0.05, 0) is 0 Å². The molecule has 1 N–H and O–H groups in total. The molecule has 2 aliphatic rings. The van der Waals surface area contributed by atoms with Crippen LogP contribution in [0, 0.1) is 0 Å². The second-order valence-corrected chi connectivity index (χ2v) is 6.89. The van der Waals surface area contributed by atoms with Gasteiger partial charge in [0, 0.05) is 58.2 Å². The van der Waals surface area contributed by atoms with Gasteiger partial charge in [-0.3, -0.25) is 9.69 Å². The number of halogens is 6. The number of alkyl halides is 6. The Labute approximate surface area is 162 Å². The quantitative estimate of drug-likeness (QED) is 0.728. The summed E-state index contributed by atoms with van der Waals surface area (Å²) < 4.78 is 76.1. The summed E-state index contributed by atoms with van der Waals surface area (Å²) in [5.74, 6) is -0.280. The molecule has 13 heteroatoms. The summed E-state index contributed by atoms with van der Waals surface area (Å²) in [6, 6.07) is -0.903. The fourth-order valence-electron chi connectivity index (χ4n) is 3.38. The van der Waals surface area contributed by atoms with Crippen LogP contribution in [0.25, 0.3) is 0 Å². The SMILES string of the molecule is O=C(C1CNCCN1CC(F)(F)F)N1CCN(c2ncc(C(F)(F)F)cn2)CC1. The molecule has 0 aromatic carbocycles. The molecule has 29 heavy (non-hydrogen) atoms. The summed E-state index contributed by atoms with van der Waals surface area (Å²) in [6.07, 6.45) is -7.53. The molecule has 0 saturated carbocycles. The Kier molecular flexibility index (Phi) is 6.17. The summed E-state index contributed by atoms with van der Waals surface area (Å²) in [7, 11) is 0. The van der Waals surface area contributed by atoms with Gasteiger partial charge in [0.1, 0.15) is 6.04 Å². The molecule has 0 radical (unpaired) electrons. The number of nitrogens with one attached hydrogen (secondary N) is 1. The number of hydrogen-bond acceptors (Lipinski definition) is 6. The van der Waals surface area contributed by atoms with Gasteiger partial charge in [-0.15, -0.1) is 0 Å². The molecule has 1 amide bonds. The van der Waals surface area contributed by atoms with Crippen LogP contribution in [0.2, 0.25) is 0 Å². The number of nitrogens with zero attached hydrogens (tertiary/aromatic N) is 5. The molecule has 3 rings (SSSR count). The molecule has 3 heterocycles. The van der Waals surface area contributed by atoms with Crippen molar-refractivity contribution in [1.82, 2.24) is 25.1 Å². The molecule has 7 nitrogen and oxygen atoms in total. The fraction of sp³-hybridized carbons (Fsp3) is 0.688. The maximum Gasteiger partial charge on any atom is 0.419 e. The lowest BCUT2D eigenvalue weighted by molar-refractivity contribution is -0.160. The predicted octanol–water partition coefficient (Wildman–Crippen LogP) is 0.980. The maximum atomic E-state index is 12.8. The standard InChI is InChI=1S/C16H20F6N6O/c17-15(18,19)10-28-2-1-23-9-12(28)13(29)26-3-5-27(6-4-26)14-24-7-11(8-25-14)16(20,21)22/h7-8,12,23H,1-6,9-10H2. The number of amides is 1. The van der Waals surface area contributed by atoms with E-state index in [0.717, 1.165) is 4.90 Å². The third-order valence-electron chi connectivity index (χ3n) is 4.86. The molecule has 1 unspecified atom stereocenters. The third-order valence-corrected chi connectivity index (χ3v) is 4.86. The second kappa shape index (κ2) is 8.30. The van der Waals surface area contributed by atoms with Crippen molar-refractivity contribution < 1.29 is 31.1 Å². The zero-order valence-electron chi connectivity index (χ0n) is 15.3. The van der Waals surface area contributed by atoms with Crippen molar-refractivity contribution in [2.24, 2.45) is 0 Å². The van der Waals surface area contributed by atoms with Gasteiger partial charge >= 0.3 is 12.4 Å². The molecule has 0 aliphatic carbocycles. The number of piperazine rings is 2. The normalized spacial score (nSPS) is 22.1. The summed E-state index contributed by atoms with van der Waals surface area (Å²) >= 11 is 0. The van der Waals surface area contributed by atoms with E-state index in [-0.39, 0.29) is 45.2 Å². The van der Waals surface area contributed by atoms with E-state index in [0.29, 0.717) is 18.9 Å². The molecular weight excluding hydrogens is 406 g/mol. The van der Waals surface area contributed by atoms with Crippen LogP contribution < -0.4 is 10.2 Å². The lowest BCUT2D eigenvalue weighted by Gasteiger charge is -2.41. The number of carbonyl (C=O) groups excluding carboxylic acids is 1. The van der Waals surface area contributed by atoms with Crippen molar-refractivity contribution in [3.8, 4) is 0 Å². The summed E-state index contributed by atoms with van der Waals surface area (Å²) in [5, 5.41) is 2.94. The van der Waals surface area contributed by atoms with E-state index in [2.05, 4.69) is 15.3 Å². The van der Waals surface area contributed by atoms with Crippen LogP contribution in [0.3, 0.4) is 0 Å². The van der Waals surface area contributed by atoms with Gasteiger partial charge in [0.05, 0.1) is 12.1 Å². The van der Waals surface area contributed by atoms with Crippen LogP contribution in [-0.4, -0.2) is 90.3 Å². The van der Waals surface area contributed by atoms with E-state index in [9.17, 15) is 31.1 Å². The average molecular weight is 426 g/mol. The number of aromatic nitrogens is 2. The van der Waals surface area contributed by atoms with Crippen LogP contribution in [0.5, 0.6) is 0 Å². The van der Waals surface area contributed by atoms with Crippen LogP contribution in [0.4, 0.5) is 32.3 Å². The second-order valence-electron chi connectivity index (χ2n) is 6.89. The molecule has 0 bridgehead atoms. The Morgan fingerprint density at radius 3 is 2.21 bits per heavy atom. The van der Waals surface area contributed by atoms with Gasteiger partial charge in [-0.25, -0.2) is 9.97 Å². The molecule has 1 aromatic rings. The minimum atomic E-state index is -4.53. The Morgan fingerprint density at radius 1 is 1.03 bits per heavy atom. The van der Waals surface area contributed by atoms with E-state index in [4.69, 9.17) is 0 Å². The molecule has 2 saturated heterocycles. The smallest absolute Gasteiger partial charge is 0.338 e. The van der Waals surface area contributed by atoms with Gasteiger partial charge in [0.25, 0.3) is 0 Å². The van der Waals surface area contributed by atoms with E-state index in [1.165, 1.54) is 4.90 Å². The van der Waals surface area contributed by atoms with Crippen LogP contribution in [-0.2, 0) is 11.0 Å². The summed E-state index contributed by atoms with van der Waals surface area (Å²) in [5.41, 5.74) is -0.954. The van der Waals surface area contributed by atoms with Crippen molar-refractivity contribution in [1.29, 1.82) is 0 Å². The predicted molar refractivity (Wildman–Crippen MR) is 90.1 cm³/mol. The molecule has 2 aliphatic heterocycles. The van der Waals surface area contributed by atoms with E-state index < -0.39 is 36.4 Å². The van der Waals surface area contributed by atoms with E-state index in [1.54, 1.807) is 4.90 Å². The van der Waals surface area contributed by atoms with Crippen molar-refractivity contribution in [2.75, 3.05) is 57.3 Å². The van der Waals surface area contributed by atoms with Crippen molar-refractivity contribution in [2.45, 2.75) is 18.4 Å². The first-order valence-corrected chi connectivity index (χ1v) is 8.99. The van der Waals surface area contributed by atoms with Gasteiger partial charge in [-0.1, -0.05) is 0 Å². The fourth-order valence-corrected chi connectivity index (χ4v) is 3.38. The Hall–Kier alpha value is -2.15. The highest BCUT2D eigenvalue weighted by atomic mass is 19.4. The molecule has 1 aromatic heterocycles. The lowest BCUT2D eigenvalue weighted by atomic mass is 10.1. The highest BCUT2D eigenvalue weighted by molar-refractivity contribution is 5.82. The monoisotopic (exact) mass is 426 g/mol. The molecule has 162 valence electrons. The highest BCUT2D eigenvalue weighted by Crippen LogP contribution is 2.28. The van der Waals surface area contributed by atoms with Crippen LogP contribution in [0.15, 0.2) is 12.4 Å². The number of rotatable bonds is 3. The first kappa shape index (κ1) is 21.6. The zero-order valence-corrected chi connectivity index (χ0v) is 15.3. The minimum Gasteiger partial charge on any atom is -0.338 e. The highest BCUT2D eigenvalue weighted by Gasteiger charge is 2.39. The Bertz CT molecular complexity index is 701. The molecule has 1 atom stereocenters. The minimum absolute atomic E-state index is 0.114. The topological polar surface area (TPSA) is 64.6 Å². The maximum absolute atomic E-state index is 12.8. The largest absolute Gasteiger partial charge is 0.419 e. The van der Waals surface area contributed by atoms with Crippen LogP contribution in [0.1, 0.15) is 5.56 Å². The molecule has 2 fully saturated rings. The van der Waals surface area contributed by atoms with Gasteiger partial charge in [0.15, 0.2) is 0 Å². The third kappa shape index (κ3) is 5.47.